The van der Waals surface area contributed by atoms with Crippen LogP contribution in [-0.2, 0) is 4.74 Å². The van der Waals surface area contributed by atoms with Crippen molar-refractivity contribution in [3.8, 4) is 0 Å². The summed E-state index contributed by atoms with van der Waals surface area (Å²) in [5, 5.41) is 7.58. The minimum absolute atomic E-state index is 0. The molecule has 1 aliphatic rings. The van der Waals surface area contributed by atoms with Gasteiger partial charge in [-0.05, 0) is 50.6 Å². The molecule has 0 radical (unpaired) electrons. The molecule has 1 aliphatic heterocycles. The number of nitrogens with one attached hydrogen (secondary N) is 2. The number of thioether (sulfide) groups is 1. The Bertz CT molecular complexity index is 553. The van der Waals surface area contributed by atoms with Crippen molar-refractivity contribution >= 4 is 53.3 Å². The van der Waals surface area contributed by atoms with Gasteiger partial charge in [0, 0.05) is 29.5 Å². The van der Waals surface area contributed by atoms with Gasteiger partial charge in [0.1, 0.15) is 0 Å². The second-order valence-electron chi connectivity index (χ2n) is 6.12. The summed E-state index contributed by atoms with van der Waals surface area (Å²) >= 11 is 8.01. The Kier molecular flexibility index (Phi) is 10.5. The van der Waals surface area contributed by atoms with E-state index in [0.29, 0.717) is 0 Å². The first-order valence-electron chi connectivity index (χ1n) is 8.52. The molecule has 1 fully saturated rings. The van der Waals surface area contributed by atoms with Gasteiger partial charge >= 0.3 is 0 Å². The summed E-state index contributed by atoms with van der Waals surface area (Å²) < 4.78 is 5.70. The van der Waals surface area contributed by atoms with Gasteiger partial charge in [-0.3, -0.25) is 4.99 Å². The molecule has 25 heavy (non-hydrogen) atoms. The lowest BCUT2D eigenvalue weighted by Crippen LogP contribution is -2.41. The van der Waals surface area contributed by atoms with E-state index in [0.717, 1.165) is 55.7 Å². The van der Waals surface area contributed by atoms with E-state index in [9.17, 15) is 0 Å². The average Bonchev–Trinajstić information content (AvgIpc) is 2.60. The van der Waals surface area contributed by atoms with Crippen molar-refractivity contribution in [2.45, 2.75) is 37.5 Å². The topological polar surface area (TPSA) is 45.7 Å². The summed E-state index contributed by atoms with van der Waals surface area (Å²) in [5.74, 6) is 0.852. The molecule has 4 nitrogen and oxygen atoms in total. The van der Waals surface area contributed by atoms with Crippen molar-refractivity contribution in [2.24, 2.45) is 4.99 Å². The van der Waals surface area contributed by atoms with Crippen LogP contribution in [0.25, 0.3) is 0 Å². The molecule has 0 spiro atoms. The van der Waals surface area contributed by atoms with Crippen LogP contribution in [-0.4, -0.2) is 43.3 Å². The molecule has 1 aromatic carbocycles. The van der Waals surface area contributed by atoms with Crippen LogP contribution < -0.4 is 10.6 Å². The number of halogens is 2. The van der Waals surface area contributed by atoms with Gasteiger partial charge < -0.3 is 15.4 Å². The quantitative estimate of drug-likeness (QED) is 0.345. The van der Waals surface area contributed by atoms with Crippen LogP contribution in [0.2, 0.25) is 5.02 Å². The standard InChI is InChI=1S/C18H28ClN3OS.HI/c1-4-20-17(21-13-18(24-3)8-10-23-11-9-18)22-14(2)15-6-5-7-16(19)12-15;/h5-7,12,14H,4,8-11,13H2,1-3H3,(H2,20,21,22);1H. The molecule has 7 heteroatoms. The molecule has 0 aliphatic carbocycles. The molecule has 2 N–H and O–H groups in total. The van der Waals surface area contributed by atoms with E-state index in [1.54, 1.807) is 0 Å². The van der Waals surface area contributed by atoms with Crippen LogP contribution in [0.1, 0.15) is 38.3 Å². The zero-order chi connectivity index (χ0) is 17.4. The van der Waals surface area contributed by atoms with Crippen molar-refractivity contribution < 1.29 is 4.74 Å². The van der Waals surface area contributed by atoms with E-state index in [4.69, 9.17) is 21.3 Å². The smallest absolute Gasteiger partial charge is 0.191 e. The lowest BCUT2D eigenvalue weighted by atomic mass is 9.99. The predicted molar refractivity (Wildman–Crippen MR) is 121 cm³/mol. The number of ether oxygens (including phenoxy) is 1. The van der Waals surface area contributed by atoms with E-state index in [-0.39, 0.29) is 34.8 Å². The van der Waals surface area contributed by atoms with Gasteiger partial charge in [-0.2, -0.15) is 11.8 Å². The Morgan fingerprint density at radius 3 is 2.72 bits per heavy atom. The first-order valence-corrected chi connectivity index (χ1v) is 10.1. The van der Waals surface area contributed by atoms with Crippen molar-refractivity contribution in [3.63, 3.8) is 0 Å². The number of hydrogen-bond acceptors (Lipinski definition) is 3. The van der Waals surface area contributed by atoms with Crippen LogP contribution in [0.3, 0.4) is 0 Å². The molecule has 0 bridgehead atoms. The minimum atomic E-state index is 0. The van der Waals surface area contributed by atoms with Crippen LogP contribution in [0.5, 0.6) is 0 Å². The highest BCUT2D eigenvalue weighted by molar-refractivity contribution is 14.0. The maximum atomic E-state index is 6.10. The molecular formula is C18H29ClIN3OS. The Balaban J connectivity index is 0.00000312. The van der Waals surface area contributed by atoms with Gasteiger partial charge in [0.25, 0.3) is 0 Å². The number of rotatable bonds is 6. The van der Waals surface area contributed by atoms with Crippen molar-refractivity contribution in [1.29, 1.82) is 0 Å². The summed E-state index contributed by atoms with van der Waals surface area (Å²) in [6.45, 7) is 7.51. The SMILES string of the molecule is CCNC(=NCC1(SC)CCOCC1)NC(C)c1cccc(Cl)c1.I. The average molecular weight is 498 g/mol. The van der Waals surface area contributed by atoms with Gasteiger partial charge in [-0.1, -0.05) is 23.7 Å². The van der Waals surface area contributed by atoms with Gasteiger partial charge in [0.15, 0.2) is 5.96 Å². The van der Waals surface area contributed by atoms with Gasteiger partial charge in [0.2, 0.25) is 0 Å². The van der Waals surface area contributed by atoms with Crippen molar-refractivity contribution in [2.75, 3.05) is 32.6 Å². The van der Waals surface area contributed by atoms with E-state index < -0.39 is 0 Å². The van der Waals surface area contributed by atoms with Gasteiger partial charge in [0.05, 0.1) is 12.6 Å². The first-order chi connectivity index (χ1) is 11.6. The molecule has 0 amide bonds. The lowest BCUT2D eigenvalue weighted by Gasteiger charge is -2.34. The third-order valence-corrected chi connectivity index (χ3v) is 6.05. The van der Waals surface area contributed by atoms with Gasteiger partial charge in [-0.15, -0.1) is 24.0 Å². The maximum Gasteiger partial charge on any atom is 0.191 e. The van der Waals surface area contributed by atoms with Crippen LogP contribution in [0.4, 0.5) is 0 Å². The fourth-order valence-corrected chi connectivity index (χ4v) is 3.74. The molecule has 1 heterocycles. The highest BCUT2D eigenvalue weighted by Crippen LogP contribution is 2.34. The Morgan fingerprint density at radius 1 is 1.40 bits per heavy atom. The van der Waals surface area contributed by atoms with Crippen LogP contribution >= 0.6 is 47.3 Å². The number of aliphatic imine (C=N–C) groups is 1. The summed E-state index contributed by atoms with van der Waals surface area (Å²) in [6.07, 6.45) is 4.29. The summed E-state index contributed by atoms with van der Waals surface area (Å²) in [7, 11) is 0. The van der Waals surface area contributed by atoms with E-state index in [1.807, 2.05) is 30.0 Å². The van der Waals surface area contributed by atoms with E-state index >= 15 is 0 Å². The number of guanidine groups is 1. The molecule has 1 unspecified atom stereocenters. The fraction of sp³-hybridized carbons (Fsp3) is 0.611. The fourth-order valence-electron chi connectivity index (χ4n) is 2.78. The van der Waals surface area contributed by atoms with Crippen LogP contribution in [0.15, 0.2) is 29.3 Å². The summed E-state index contributed by atoms with van der Waals surface area (Å²) in [6, 6.07) is 8.08. The number of nitrogens with zero attached hydrogens (tertiary/aromatic N) is 1. The maximum absolute atomic E-state index is 6.10. The predicted octanol–water partition coefficient (Wildman–Crippen LogP) is 4.49. The molecule has 0 saturated carbocycles. The zero-order valence-corrected chi connectivity index (χ0v) is 19.1. The molecule has 2 rings (SSSR count). The van der Waals surface area contributed by atoms with Crippen molar-refractivity contribution in [3.05, 3.63) is 34.9 Å². The summed E-state index contributed by atoms with van der Waals surface area (Å²) in [4.78, 5) is 4.85. The number of hydrogen-bond donors (Lipinski definition) is 2. The largest absolute Gasteiger partial charge is 0.381 e. The monoisotopic (exact) mass is 497 g/mol. The molecule has 142 valence electrons. The zero-order valence-electron chi connectivity index (χ0n) is 15.2. The van der Waals surface area contributed by atoms with Crippen molar-refractivity contribution in [1.82, 2.24) is 10.6 Å². The third-order valence-electron chi connectivity index (χ3n) is 4.41. The minimum Gasteiger partial charge on any atom is -0.381 e. The number of benzene rings is 1. The summed E-state index contributed by atoms with van der Waals surface area (Å²) in [5.41, 5.74) is 1.15. The van der Waals surface area contributed by atoms with Crippen LogP contribution in [0, 0.1) is 0 Å². The lowest BCUT2D eigenvalue weighted by molar-refractivity contribution is 0.0794. The van der Waals surface area contributed by atoms with Gasteiger partial charge in [-0.25, -0.2) is 0 Å². The second-order valence-corrected chi connectivity index (χ2v) is 7.83. The second kappa shape index (κ2) is 11.5. The highest BCUT2D eigenvalue weighted by atomic mass is 127. The van der Waals surface area contributed by atoms with E-state index in [2.05, 4.69) is 36.8 Å². The molecule has 1 aromatic rings. The molecule has 1 saturated heterocycles. The Hall–Kier alpha value is -0.180. The molecule has 1 atom stereocenters. The third kappa shape index (κ3) is 7.15. The first kappa shape index (κ1) is 22.9. The van der Waals surface area contributed by atoms with E-state index in [1.165, 1.54) is 0 Å². The highest BCUT2D eigenvalue weighted by Gasteiger charge is 2.31. The Morgan fingerprint density at radius 2 is 2.12 bits per heavy atom. The normalized spacial score (nSPS) is 18.2. The molecular weight excluding hydrogens is 469 g/mol. The molecule has 0 aromatic heterocycles. The Labute approximate surface area is 177 Å².